The Morgan fingerprint density at radius 1 is 1.25 bits per heavy atom. The minimum absolute atomic E-state index is 0.00646. The predicted octanol–water partition coefficient (Wildman–Crippen LogP) is 4.09. The average Bonchev–Trinajstić information content (AvgIpc) is 2.44. The van der Waals surface area contributed by atoms with Crippen LogP contribution in [0.4, 0.5) is 4.39 Å². The molecule has 0 bridgehead atoms. The van der Waals surface area contributed by atoms with Crippen LogP contribution in [0.15, 0.2) is 53.0 Å². The van der Waals surface area contributed by atoms with Gasteiger partial charge in [0.25, 0.3) is 0 Å². The van der Waals surface area contributed by atoms with E-state index in [-0.39, 0.29) is 12.2 Å². The van der Waals surface area contributed by atoms with Crippen LogP contribution < -0.4 is 0 Å². The van der Waals surface area contributed by atoms with E-state index in [2.05, 4.69) is 15.9 Å². The molecule has 0 aliphatic rings. The second kappa shape index (κ2) is 6.77. The Morgan fingerprint density at radius 2 is 1.95 bits per heavy atom. The van der Waals surface area contributed by atoms with Crippen molar-refractivity contribution in [1.29, 1.82) is 0 Å². The molecule has 0 aliphatic carbocycles. The van der Waals surface area contributed by atoms with Gasteiger partial charge in [-0.25, -0.2) is 4.39 Å². The quantitative estimate of drug-likeness (QED) is 0.822. The van der Waals surface area contributed by atoms with Crippen LogP contribution in [0.5, 0.6) is 0 Å². The highest BCUT2D eigenvalue weighted by molar-refractivity contribution is 9.10. The minimum atomic E-state index is -0.667. The van der Waals surface area contributed by atoms with Crippen LogP contribution in [0.1, 0.15) is 17.2 Å². The van der Waals surface area contributed by atoms with Gasteiger partial charge in [0.2, 0.25) is 0 Å². The van der Waals surface area contributed by atoms with Crippen molar-refractivity contribution in [3.05, 3.63) is 69.9 Å². The van der Waals surface area contributed by atoms with Crippen molar-refractivity contribution in [3.8, 4) is 0 Å². The summed E-state index contributed by atoms with van der Waals surface area (Å²) in [5.74, 6) is -0.560. The molecule has 1 atom stereocenters. The largest absolute Gasteiger partial charge is 0.369 e. The molecule has 0 aliphatic heterocycles. The monoisotopic (exact) mass is 336 g/mol. The Labute approximate surface area is 125 Å². The van der Waals surface area contributed by atoms with Gasteiger partial charge in [-0.15, -0.1) is 0 Å². The Morgan fingerprint density at radius 3 is 2.55 bits per heavy atom. The molecular formula is C16H14BrFO2. The summed E-state index contributed by atoms with van der Waals surface area (Å²) < 4.78 is 19.7. The number of carbonyl (C=O) groups is 1. The van der Waals surface area contributed by atoms with Gasteiger partial charge in [0, 0.05) is 18.0 Å². The summed E-state index contributed by atoms with van der Waals surface area (Å²) in [6.45, 7) is 0. The van der Waals surface area contributed by atoms with Crippen molar-refractivity contribution in [3.63, 3.8) is 0 Å². The van der Waals surface area contributed by atoms with Gasteiger partial charge < -0.3 is 4.74 Å². The second-order valence-electron chi connectivity index (χ2n) is 4.41. The molecule has 0 saturated carbocycles. The molecule has 0 spiro atoms. The van der Waals surface area contributed by atoms with E-state index in [9.17, 15) is 9.18 Å². The van der Waals surface area contributed by atoms with E-state index >= 15 is 0 Å². The Kier molecular flexibility index (Phi) is 5.04. The first-order valence-electron chi connectivity index (χ1n) is 6.16. The molecular weight excluding hydrogens is 323 g/mol. The fourth-order valence-electron chi connectivity index (χ4n) is 2.03. The Bertz CT molecular complexity index is 599. The van der Waals surface area contributed by atoms with Crippen molar-refractivity contribution in [2.45, 2.75) is 12.5 Å². The zero-order chi connectivity index (χ0) is 14.5. The molecule has 4 heteroatoms. The summed E-state index contributed by atoms with van der Waals surface area (Å²) in [4.78, 5) is 12.3. The highest BCUT2D eigenvalue weighted by Gasteiger charge is 2.21. The number of ether oxygens (including phenoxy) is 1. The number of hydrogen-bond acceptors (Lipinski definition) is 2. The molecule has 0 N–H and O–H groups in total. The number of hydrogen-bond donors (Lipinski definition) is 0. The third-order valence-electron chi connectivity index (χ3n) is 3.01. The summed E-state index contributed by atoms with van der Waals surface area (Å²) in [6, 6.07) is 13.9. The topological polar surface area (TPSA) is 26.3 Å². The highest BCUT2D eigenvalue weighted by Crippen LogP contribution is 2.22. The van der Waals surface area contributed by atoms with Crippen LogP contribution >= 0.6 is 15.9 Å². The first-order valence-corrected chi connectivity index (χ1v) is 6.95. The number of Topliss-reactive ketones (excluding diaryl/α,β-unsaturated/α-hetero) is 1. The molecule has 0 heterocycles. The third kappa shape index (κ3) is 3.52. The molecule has 0 radical (unpaired) electrons. The summed E-state index contributed by atoms with van der Waals surface area (Å²) in [7, 11) is 1.48. The molecule has 2 aromatic carbocycles. The maximum absolute atomic E-state index is 13.8. The zero-order valence-electron chi connectivity index (χ0n) is 11.0. The first-order chi connectivity index (χ1) is 9.61. The van der Waals surface area contributed by atoms with E-state index in [4.69, 9.17) is 4.74 Å². The van der Waals surface area contributed by atoms with Crippen molar-refractivity contribution in [2.75, 3.05) is 7.11 Å². The van der Waals surface area contributed by atoms with Crippen LogP contribution in [0.3, 0.4) is 0 Å². The maximum atomic E-state index is 13.8. The lowest BCUT2D eigenvalue weighted by Gasteiger charge is -2.14. The molecule has 0 amide bonds. The highest BCUT2D eigenvalue weighted by atomic mass is 79.9. The first kappa shape index (κ1) is 14.9. The maximum Gasteiger partial charge on any atom is 0.170 e. The van der Waals surface area contributed by atoms with Crippen molar-refractivity contribution in [1.82, 2.24) is 0 Å². The predicted molar refractivity (Wildman–Crippen MR) is 79.0 cm³/mol. The molecule has 1 unspecified atom stereocenters. The van der Waals surface area contributed by atoms with Crippen LogP contribution in [-0.4, -0.2) is 12.9 Å². The molecule has 2 rings (SSSR count). The summed E-state index contributed by atoms with van der Waals surface area (Å²) >= 11 is 3.19. The van der Waals surface area contributed by atoms with E-state index in [1.54, 1.807) is 12.1 Å². The number of carbonyl (C=O) groups excluding carboxylic acids is 1. The van der Waals surface area contributed by atoms with Gasteiger partial charge in [-0.05, 0) is 23.3 Å². The molecule has 0 fully saturated rings. The van der Waals surface area contributed by atoms with Gasteiger partial charge in [-0.1, -0.05) is 52.3 Å². The number of methoxy groups -OCH3 is 1. The van der Waals surface area contributed by atoms with Crippen LogP contribution in [0.2, 0.25) is 0 Å². The lowest BCUT2D eigenvalue weighted by Crippen LogP contribution is -2.17. The number of rotatable bonds is 5. The SMILES string of the molecule is COC(C(=O)Cc1ccc(Br)cc1F)c1ccccc1. The van der Waals surface area contributed by atoms with E-state index in [1.165, 1.54) is 13.2 Å². The summed E-state index contributed by atoms with van der Waals surface area (Å²) in [5, 5.41) is 0. The van der Waals surface area contributed by atoms with Crippen LogP contribution in [0, 0.1) is 5.82 Å². The van der Waals surface area contributed by atoms with Gasteiger partial charge in [0.1, 0.15) is 11.9 Å². The fourth-order valence-corrected chi connectivity index (χ4v) is 2.36. The molecule has 2 aromatic rings. The van der Waals surface area contributed by atoms with Gasteiger partial charge in [-0.3, -0.25) is 4.79 Å². The minimum Gasteiger partial charge on any atom is -0.369 e. The van der Waals surface area contributed by atoms with Crippen LogP contribution in [-0.2, 0) is 16.0 Å². The molecule has 104 valence electrons. The molecule has 0 aromatic heterocycles. The second-order valence-corrected chi connectivity index (χ2v) is 5.32. The smallest absolute Gasteiger partial charge is 0.170 e. The number of halogens is 2. The van der Waals surface area contributed by atoms with Crippen LogP contribution in [0.25, 0.3) is 0 Å². The third-order valence-corrected chi connectivity index (χ3v) is 3.50. The number of ketones is 1. The van der Waals surface area contributed by atoms with Gasteiger partial charge in [0.15, 0.2) is 5.78 Å². The Balaban J connectivity index is 2.18. The normalized spacial score (nSPS) is 12.2. The van der Waals surface area contributed by atoms with E-state index < -0.39 is 11.9 Å². The van der Waals surface area contributed by atoms with E-state index in [0.717, 1.165) is 5.56 Å². The van der Waals surface area contributed by atoms with Crippen molar-refractivity contribution in [2.24, 2.45) is 0 Å². The van der Waals surface area contributed by atoms with Gasteiger partial charge >= 0.3 is 0 Å². The van der Waals surface area contributed by atoms with E-state index in [1.807, 2.05) is 30.3 Å². The summed E-state index contributed by atoms with van der Waals surface area (Å²) in [5.41, 5.74) is 1.15. The lowest BCUT2D eigenvalue weighted by atomic mass is 9.99. The fraction of sp³-hybridized carbons (Fsp3) is 0.188. The average molecular weight is 337 g/mol. The molecule has 20 heavy (non-hydrogen) atoms. The van der Waals surface area contributed by atoms with Gasteiger partial charge in [-0.2, -0.15) is 0 Å². The zero-order valence-corrected chi connectivity index (χ0v) is 12.6. The standard InChI is InChI=1S/C16H14BrFO2/c1-20-16(11-5-3-2-4-6-11)15(19)9-12-7-8-13(17)10-14(12)18/h2-8,10,16H,9H2,1H3. The van der Waals surface area contributed by atoms with E-state index in [0.29, 0.717) is 10.0 Å². The van der Waals surface area contributed by atoms with Crippen molar-refractivity contribution >= 4 is 21.7 Å². The molecule has 2 nitrogen and oxygen atoms in total. The van der Waals surface area contributed by atoms with Gasteiger partial charge in [0.05, 0.1) is 0 Å². The van der Waals surface area contributed by atoms with Crippen molar-refractivity contribution < 1.29 is 13.9 Å². The molecule has 0 saturated heterocycles. The Hall–Kier alpha value is -1.52. The number of benzene rings is 2. The summed E-state index contributed by atoms with van der Waals surface area (Å²) in [6.07, 6.45) is -0.661. The lowest BCUT2D eigenvalue weighted by molar-refractivity contribution is -0.128.